The largest absolute Gasteiger partial charge is 0.361 e. The lowest BCUT2D eigenvalue weighted by Crippen LogP contribution is -2.33. The molecule has 0 aliphatic rings. The van der Waals surface area contributed by atoms with Crippen molar-refractivity contribution < 1.29 is 9.59 Å². The molecule has 0 fully saturated rings. The quantitative estimate of drug-likeness (QED) is 0.405. The van der Waals surface area contributed by atoms with Crippen LogP contribution in [0.3, 0.4) is 0 Å². The number of carbonyl (C=O) groups is 2. The Morgan fingerprint density at radius 2 is 1.87 bits per heavy atom. The van der Waals surface area contributed by atoms with Gasteiger partial charge in [0.05, 0.1) is 5.71 Å². The van der Waals surface area contributed by atoms with Gasteiger partial charge in [-0.25, -0.2) is 5.43 Å². The van der Waals surface area contributed by atoms with Crippen molar-refractivity contribution in [2.24, 2.45) is 10.8 Å². The molecule has 1 rings (SSSR count). The van der Waals surface area contributed by atoms with E-state index in [1.54, 1.807) is 6.92 Å². The molecule has 78 valence electrons. The first kappa shape index (κ1) is 10.9. The van der Waals surface area contributed by atoms with Crippen LogP contribution in [0.25, 0.3) is 0 Å². The average molecular weight is 205 g/mol. The first-order chi connectivity index (χ1) is 7.11. The van der Waals surface area contributed by atoms with Gasteiger partial charge in [0.25, 0.3) is 0 Å². The van der Waals surface area contributed by atoms with Crippen LogP contribution < -0.4 is 11.2 Å². The minimum atomic E-state index is -1.06. The lowest BCUT2D eigenvalue weighted by Gasteiger charge is -2.00. The number of nitrogens with one attached hydrogen (secondary N) is 1. The van der Waals surface area contributed by atoms with Gasteiger partial charge in [-0.1, -0.05) is 30.3 Å². The van der Waals surface area contributed by atoms with Crippen LogP contribution in [-0.4, -0.2) is 17.5 Å². The van der Waals surface area contributed by atoms with Crippen LogP contribution in [0.2, 0.25) is 0 Å². The summed E-state index contributed by atoms with van der Waals surface area (Å²) in [6.07, 6.45) is 0. The van der Waals surface area contributed by atoms with Gasteiger partial charge in [0.15, 0.2) is 0 Å². The van der Waals surface area contributed by atoms with Gasteiger partial charge in [0, 0.05) is 0 Å². The van der Waals surface area contributed by atoms with Crippen molar-refractivity contribution in [2.45, 2.75) is 6.92 Å². The Bertz CT molecular complexity index is 398. The zero-order chi connectivity index (χ0) is 11.3. The molecule has 0 bridgehead atoms. The second kappa shape index (κ2) is 4.90. The molecule has 0 aliphatic heterocycles. The highest BCUT2D eigenvalue weighted by Gasteiger charge is 2.06. The van der Waals surface area contributed by atoms with Crippen molar-refractivity contribution in [3.8, 4) is 0 Å². The highest BCUT2D eigenvalue weighted by molar-refractivity contribution is 6.34. The summed E-state index contributed by atoms with van der Waals surface area (Å²) in [5.74, 6) is -1.98. The number of primary amides is 1. The molecule has 0 atom stereocenters. The van der Waals surface area contributed by atoms with Crippen LogP contribution in [-0.2, 0) is 9.59 Å². The zero-order valence-corrected chi connectivity index (χ0v) is 8.23. The molecule has 2 amide bonds. The van der Waals surface area contributed by atoms with Crippen LogP contribution >= 0.6 is 0 Å². The van der Waals surface area contributed by atoms with Crippen LogP contribution in [0.1, 0.15) is 12.5 Å². The molecule has 5 nitrogen and oxygen atoms in total. The third-order valence-corrected chi connectivity index (χ3v) is 1.74. The van der Waals surface area contributed by atoms with Crippen molar-refractivity contribution in [3.05, 3.63) is 35.9 Å². The number of carbonyl (C=O) groups excluding carboxylic acids is 2. The molecule has 3 N–H and O–H groups in total. The van der Waals surface area contributed by atoms with Gasteiger partial charge in [-0.15, -0.1) is 0 Å². The molecule has 0 heterocycles. The van der Waals surface area contributed by atoms with Crippen LogP contribution in [0, 0.1) is 0 Å². The Labute approximate surface area is 87.0 Å². The van der Waals surface area contributed by atoms with Crippen molar-refractivity contribution in [3.63, 3.8) is 0 Å². The number of nitrogens with zero attached hydrogens (tertiary/aromatic N) is 1. The maximum atomic E-state index is 10.8. The molecule has 0 aromatic heterocycles. The van der Waals surface area contributed by atoms with Gasteiger partial charge in [-0.2, -0.15) is 5.10 Å². The first-order valence-electron chi connectivity index (χ1n) is 4.30. The molecule has 0 aliphatic carbocycles. The monoisotopic (exact) mass is 205 g/mol. The normalized spacial score (nSPS) is 10.9. The summed E-state index contributed by atoms with van der Waals surface area (Å²) in [5.41, 5.74) is 8.26. The fourth-order valence-corrected chi connectivity index (χ4v) is 0.934. The summed E-state index contributed by atoms with van der Waals surface area (Å²) in [6, 6.07) is 9.26. The maximum absolute atomic E-state index is 10.8. The lowest BCUT2D eigenvalue weighted by atomic mass is 10.1. The molecule has 1 aromatic carbocycles. The summed E-state index contributed by atoms with van der Waals surface area (Å²) in [4.78, 5) is 21.2. The zero-order valence-electron chi connectivity index (χ0n) is 8.23. The Morgan fingerprint density at radius 3 is 2.40 bits per heavy atom. The van der Waals surface area contributed by atoms with E-state index in [2.05, 4.69) is 10.5 Å². The van der Waals surface area contributed by atoms with E-state index < -0.39 is 11.8 Å². The SMILES string of the molecule is CC(=NNC(=O)C(N)=O)c1ccccc1. The molecule has 5 heteroatoms. The molecule has 0 saturated carbocycles. The second-order valence-corrected chi connectivity index (χ2v) is 2.87. The van der Waals surface area contributed by atoms with Crippen LogP contribution in [0.4, 0.5) is 0 Å². The molecule has 1 aromatic rings. The molecule has 0 unspecified atom stereocenters. The van der Waals surface area contributed by atoms with E-state index in [0.717, 1.165) is 5.56 Å². The average Bonchev–Trinajstić information content (AvgIpc) is 2.26. The van der Waals surface area contributed by atoms with Gasteiger partial charge < -0.3 is 5.73 Å². The summed E-state index contributed by atoms with van der Waals surface area (Å²) in [5, 5.41) is 3.73. The standard InChI is InChI=1S/C10H11N3O2/c1-7(8-5-3-2-4-6-8)12-13-10(15)9(11)14/h2-6H,1H3,(H2,11,14)(H,13,15). The third-order valence-electron chi connectivity index (χ3n) is 1.74. The summed E-state index contributed by atoms with van der Waals surface area (Å²) in [7, 11) is 0. The van der Waals surface area contributed by atoms with Gasteiger partial charge in [-0.05, 0) is 12.5 Å². The van der Waals surface area contributed by atoms with Crippen molar-refractivity contribution in [2.75, 3.05) is 0 Å². The van der Waals surface area contributed by atoms with Gasteiger partial charge in [0.1, 0.15) is 0 Å². The lowest BCUT2D eigenvalue weighted by molar-refractivity contribution is -0.137. The first-order valence-corrected chi connectivity index (χ1v) is 4.30. The number of rotatable bonds is 2. The molecule has 15 heavy (non-hydrogen) atoms. The third kappa shape index (κ3) is 3.22. The fraction of sp³-hybridized carbons (Fsp3) is 0.100. The molecule has 0 spiro atoms. The number of nitrogens with two attached hydrogens (primary N) is 1. The van der Waals surface area contributed by atoms with Gasteiger partial charge >= 0.3 is 11.8 Å². The molecule has 0 saturated heterocycles. The number of hydrazone groups is 1. The second-order valence-electron chi connectivity index (χ2n) is 2.87. The van der Waals surface area contributed by atoms with Crippen LogP contribution in [0.15, 0.2) is 35.4 Å². The Balaban J connectivity index is 2.69. The van der Waals surface area contributed by atoms with E-state index in [1.165, 1.54) is 0 Å². The smallest absolute Gasteiger partial charge is 0.329 e. The Kier molecular flexibility index (Phi) is 3.56. The van der Waals surface area contributed by atoms with E-state index in [9.17, 15) is 9.59 Å². The maximum Gasteiger partial charge on any atom is 0.329 e. The van der Waals surface area contributed by atoms with Crippen molar-refractivity contribution in [1.29, 1.82) is 0 Å². The van der Waals surface area contributed by atoms with Crippen molar-refractivity contribution >= 4 is 17.5 Å². The summed E-state index contributed by atoms with van der Waals surface area (Å²) >= 11 is 0. The highest BCUT2D eigenvalue weighted by Crippen LogP contribution is 1.99. The van der Waals surface area contributed by atoms with E-state index >= 15 is 0 Å². The van der Waals surface area contributed by atoms with Crippen LogP contribution in [0.5, 0.6) is 0 Å². The number of amides is 2. The predicted octanol–water partition coefficient (Wildman–Crippen LogP) is 0.0121. The molecular formula is C10H11N3O2. The van der Waals surface area contributed by atoms with Crippen molar-refractivity contribution in [1.82, 2.24) is 5.43 Å². The minimum absolute atomic E-state index is 0.602. The van der Waals surface area contributed by atoms with E-state index in [4.69, 9.17) is 5.73 Å². The Morgan fingerprint density at radius 1 is 1.27 bits per heavy atom. The number of hydrogen-bond acceptors (Lipinski definition) is 3. The predicted molar refractivity (Wildman–Crippen MR) is 56.0 cm³/mol. The van der Waals surface area contributed by atoms with E-state index in [0.29, 0.717) is 5.71 Å². The Hall–Kier alpha value is -2.17. The van der Waals surface area contributed by atoms with Gasteiger partial charge in [-0.3, -0.25) is 9.59 Å². The fourth-order valence-electron chi connectivity index (χ4n) is 0.934. The van der Waals surface area contributed by atoms with Gasteiger partial charge in [0.2, 0.25) is 0 Å². The molecule has 0 radical (unpaired) electrons. The minimum Gasteiger partial charge on any atom is -0.361 e. The number of hydrogen-bond donors (Lipinski definition) is 2. The molecular weight excluding hydrogens is 194 g/mol. The topological polar surface area (TPSA) is 84.6 Å². The summed E-state index contributed by atoms with van der Waals surface area (Å²) in [6.45, 7) is 1.72. The highest BCUT2D eigenvalue weighted by atomic mass is 16.2. The van der Waals surface area contributed by atoms with E-state index in [-0.39, 0.29) is 0 Å². The summed E-state index contributed by atoms with van der Waals surface area (Å²) < 4.78 is 0. The van der Waals surface area contributed by atoms with E-state index in [1.807, 2.05) is 30.3 Å². The number of benzene rings is 1.